The smallest absolute Gasteiger partial charge is 0.295 e. The number of nitrogens with zero attached hydrogens (tertiary/aromatic N) is 1. The number of nitrogens with one attached hydrogen (secondary N) is 1. The fraction of sp³-hybridized carbons (Fsp3) is 0.325. The zero-order chi connectivity index (χ0) is 33.9. The summed E-state index contributed by atoms with van der Waals surface area (Å²) >= 11 is 0. The molecule has 2 amide bonds. The Hall–Kier alpha value is -5.11. The maximum Gasteiger partial charge on any atom is 0.295 e. The Labute approximate surface area is 283 Å². The Morgan fingerprint density at radius 1 is 0.729 bits per heavy atom. The highest BCUT2D eigenvalue weighted by molar-refractivity contribution is 6.43. The summed E-state index contributed by atoms with van der Waals surface area (Å²) < 4.78 is 16.2. The fourth-order valence-electron chi connectivity index (χ4n) is 6.42. The molecule has 4 aromatic rings. The average Bonchev–Trinajstić information content (AvgIpc) is 3.13. The van der Waals surface area contributed by atoms with Gasteiger partial charge < -0.3 is 24.4 Å². The van der Waals surface area contributed by atoms with Crippen molar-refractivity contribution in [1.29, 1.82) is 0 Å². The minimum absolute atomic E-state index is 0.0788. The normalized spacial score (nSPS) is 13.8. The Bertz CT molecular complexity index is 1620. The van der Waals surface area contributed by atoms with E-state index in [9.17, 15) is 14.4 Å². The number of hydrogen-bond acceptors (Lipinski definition) is 6. The Kier molecular flexibility index (Phi) is 11.9. The van der Waals surface area contributed by atoms with Crippen molar-refractivity contribution in [3.8, 4) is 17.2 Å². The molecule has 0 aromatic heterocycles. The van der Waals surface area contributed by atoms with Crippen LogP contribution in [0.25, 0.3) is 0 Å². The van der Waals surface area contributed by atoms with Crippen molar-refractivity contribution in [2.45, 2.75) is 63.6 Å². The van der Waals surface area contributed by atoms with Crippen LogP contribution in [-0.4, -0.2) is 55.9 Å². The second-order valence-electron chi connectivity index (χ2n) is 12.1. The van der Waals surface area contributed by atoms with Crippen LogP contribution in [0, 0.1) is 0 Å². The molecule has 8 nitrogen and oxygen atoms in total. The monoisotopic (exact) mass is 648 g/mol. The highest BCUT2D eigenvalue weighted by Crippen LogP contribution is 2.38. The van der Waals surface area contributed by atoms with Gasteiger partial charge in [-0.2, -0.15) is 0 Å². The predicted molar refractivity (Wildman–Crippen MR) is 186 cm³/mol. The van der Waals surface area contributed by atoms with Gasteiger partial charge >= 0.3 is 0 Å². The van der Waals surface area contributed by atoms with Crippen LogP contribution in [0.15, 0.2) is 97.1 Å². The third-order valence-electron chi connectivity index (χ3n) is 9.00. The highest BCUT2D eigenvalue weighted by atomic mass is 16.5. The molecular formula is C40H44N2O6. The van der Waals surface area contributed by atoms with Crippen molar-refractivity contribution in [2.24, 2.45) is 0 Å². The molecule has 1 aliphatic heterocycles. The van der Waals surface area contributed by atoms with Crippen molar-refractivity contribution in [1.82, 2.24) is 10.2 Å². The summed E-state index contributed by atoms with van der Waals surface area (Å²) in [5.74, 6) is -0.920. The van der Waals surface area contributed by atoms with E-state index in [0.717, 1.165) is 49.7 Å². The molecule has 8 heteroatoms. The van der Waals surface area contributed by atoms with Gasteiger partial charge in [0, 0.05) is 24.6 Å². The lowest BCUT2D eigenvalue weighted by Crippen LogP contribution is -2.55. The number of ketones is 1. The van der Waals surface area contributed by atoms with E-state index >= 15 is 0 Å². The van der Waals surface area contributed by atoms with Crippen LogP contribution in [0.5, 0.6) is 17.2 Å². The lowest BCUT2D eigenvalue weighted by atomic mass is 9.92. The van der Waals surface area contributed by atoms with Crippen LogP contribution in [0.1, 0.15) is 58.3 Å². The van der Waals surface area contributed by atoms with E-state index in [0.29, 0.717) is 12.2 Å². The molecule has 1 heterocycles. The molecule has 0 spiro atoms. The molecule has 0 bridgehead atoms. The Balaban J connectivity index is 1.36. The van der Waals surface area contributed by atoms with Gasteiger partial charge in [0.15, 0.2) is 11.5 Å². The number of benzene rings is 4. The van der Waals surface area contributed by atoms with Crippen LogP contribution in [0.2, 0.25) is 0 Å². The molecular weight excluding hydrogens is 604 g/mol. The topological polar surface area (TPSA) is 94.2 Å². The van der Waals surface area contributed by atoms with E-state index in [1.165, 1.54) is 49.5 Å². The third-order valence-corrected chi connectivity index (χ3v) is 9.00. The molecule has 250 valence electrons. The lowest BCUT2D eigenvalue weighted by Gasteiger charge is -2.36. The van der Waals surface area contributed by atoms with Gasteiger partial charge in [0.25, 0.3) is 11.7 Å². The number of Topliss-reactive ketones (excluding diaryl/α,β-unsaturated/α-hetero) is 1. The average molecular weight is 649 g/mol. The molecule has 48 heavy (non-hydrogen) atoms. The van der Waals surface area contributed by atoms with E-state index in [-0.39, 0.29) is 35.6 Å². The second-order valence-corrected chi connectivity index (χ2v) is 12.1. The van der Waals surface area contributed by atoms with Gasteiger partial charge in [0.1, 0.15) is 6.04 Å². The van der Waals surface area contributed by atoms with E-state index < -0.39 is 17.7 Å². The maximum absolute atomic E-state index is 14.2. The summed E-state index contributed by atoms with van der Waals surface area (Å²) in [6, 6.07) is 30.4. The first-order valence-electron chi connectivity index (χ1n) is 16.5. The van der Waals surface area contributed by atoms with E-state index in [2.05, 4.69) is 29.6 Å². The molecule has 1 aliphatic rings. The van der Waals surface area contributed by atoms with E-state index in [1.807, 2.05) is 60.7 Å². The van der Waals surface area contributed by atoms with Gasteiger partial charge in [-0.3, -0.25) is 14.4 Å². The molecule has 0 saturated carbocycles. The number of aryl methyl sites for hydroxylation is 2. The highest BCUT2D eigenvalue weighted by Gasteiger charge is 2.38. The molecule has 5 rings (SSSR count). The Morgan fingerprint density at radius 2 is 1.25 bits per heavy atom. The standard InChI is InChI=1S/C40H44N2O6/c1-46-35-25-32(26-36(47-2)38(35)48-3)37(43)40(45)42-27-31-21-11-10-20-30(31)24-34(42)39(44)41-33(22-12-18-28-14-6-4-7-15-28)23-13-19-29-16-8-5-9-17-29/h4-11,14-17,20-21,25-26,33-34H,12-13,18-19,22-24,27H2,1-3H3,(H,41,44). The van der Waals surface area contributed by atoms with Crippen LogP contribution >= 0.6 is 0 Å². The summed E-state index contributed by atoms with van der Waals surface area (Å²) in [4.78, 5) is 43.3. The number of rotatable bonds is 15. The second kappa shape index (κ2) is 16.6. The summed E-state index contributed by atoms with van der Waals surface area (Å²) in [5.41, 5.74) is 4.52. The first kappa shape index (κ1) is 34.2. The lowest BCUT2D eigenvalue weighted by molar-refractivity contribution is -0.138. The largest absolute Gasteiger partial charge is 0.493 e. The number of methoxy groups -OCH3 is 3. The van der Waals surface area contributed by atoms with Gasteiger partial charge in [0.05, 0.1) is 21.3 Å². The van der Waals surface area contributed by atoms with E-state index in [4.69, 9.17) is 14.2 Å². The molecule has 0 saturated heterocycles. The fourth-order valence-corrected chi connectivity index (χ4v) is 6.42. The van der Waals surface area contributed by atoms with Gasteiger partial charge in [-0.05, 0) is 72.9 Å². The minimum atomic E-state index is -0.843. The Morgan fingerprint density at radius 3 is 1.77 bits per heavy atom. The van der Waals surface area contributed by atoms with Crippen molar-refractivity contribution in [3.05, 3.63) is 125 Å². The SMILES string of the molecule is COc1cc(C(=O)C(=O)N2Cc3ccccc3CC2C(=O)NC(CCCc2ccccc2)CCCc2ccccc2)cc(OC)c1OC. The summed E-state index contributed by atoms with van der Waals surface area (Å²) in [6.45, 7) is 0.149. The minimum Gasteiger partial charge on any atom is -0.493 e. The number of carbonyl (C=O) groups excluding carboxylic acids is 3. The third kappa shape index (κ3) is 8.42. The number of fused-ring (bicyclic) bond motifs is 1. The van der Waals surface area contributed by atoms with Gasteiger partial charge in [-0.1, -0.05) is 84.9 Å². The first-order valence-corrected chi connectivity index (χ1v) is 16.5. The molecule has 1 atom stereocenters. The van der Waals surface area contributed by atoms with Crippen molar-refractivity contribution < 1.29 is 28.6 Å². The van der Waals surface area contributed by atoms with E-state index in [1.54, 1.807) is 0 Å². The first-order chi connectivity index (χ1) is 23.4. The maximum atomic E-state index is 14.2. The molecule has 0 radical (unpaired) electrons. The molecule has 4 aromatic carbocycles. The quantitative estimate of drug-likeness (QED) is 0.119. The zero-order valence-electron chi connectivity index (χ0n) is 27.9. The number of carbonyl (C=O) groups is 3. The molecule has 0 fully saturated rings. The van der Waals surface area contributed by atoms with Crippen LogP contribution in [0.4, 0.5) is 0 Å². The van der Waals surface area contributed by atoms with Crippen molar-refractivity contribution >= 4 is 17.6 Å². The van der Waals surface area contributed by atoms with Gasteiger partial charge in [0.2, 0.25) is 11.7 Å². The van der Waals surface area contributed by atoms with Crippen molar-refractivity contribution in [3.63, 3.8) is 0 Å². The summed E-state index contributed by atoms with van der Waals surface area (Å²) in [5, 5.41) is 3.30. The van der Waals surface area contributed by atoms with Gasteiger partial charge in [-0.25, -0.2) is 0 Å². The number of amides is 2. The van der Waals surface area contributed by atoms with Crippen LogP contribution < -0.4 is 19.5 Å². The van der Waals surface area contributed by atoms with Gasteiger partial charge in [-0.15, -0.1) is 0 Å². The predicted octanol–water partition coefficient (Wildman–Crippen LogP) is 6.38. The summed E-state index contributed by atoms with van der Waals surface area (Å²) in [6.07, 6.45) is 5.57. The number of ether oxygens (including phenoxy) is 3. The van der Waals surface area contributed by atoms with Crippen LogP contribution in [0.3, 0.4) is 0 Å². The molecule has 1 N–H and O–H groups in total. The molecule has 1 unspecified atom stereocenters. The molecule has 0 aliphatic carbocycles. The summed E-state index contributed by atoms with van der Waals surface area (Å²) in [7, 11) is 4.37. The zero-order valence-corrected chi connectivity index (χ0v) is 27.9. The van der Waals surface area contributed by atoms with Crippen LogP contribution in [-0.2, 0) is 35.4 Å². The van der Waals surface area contributed by atoms with Crippen molar-refractivity contribution in [2.75, 3.05) is 21.3 Å². The number of hydrogen-bond donors (Lipinski definition) is 1.